The van der Waals surface area contributed by atoms with Crippen LogP contribution in [0, 0.1) is 0 Å². The number of tetrazole rings is 1. The number of nitrogens with one attached hydrogen (secondary N) is 1. The van der Waals surface area contributed by atoms with Crippen LogP contribution >= 0.6 is 0 Å². The fraction of sp³-hybridized carbons (Fsp3) is 0.267. The first-order chi connectivity index (χ1) is 11.3. The third-order valence-electron chi connectivity index (χ3n) is 3.97. The Labute approximate surface area is 132 Å². The molecule has 3 heterocycles. The second kappa shape index (κ2) is 5.64. The van der Waals surface area contributed by atoms with Crippen LogP contribution in [0.1, 0.15) is 28.3 Å². The van der Waals surface area contributed by atoms with Gasteiger partial charge >= 0.3 is 0 Å². The highest BCUT2D eigenvalue weighted by Crippen LogP contribution is 2.28. The maximum atomic E-state index is 13.0. The minimum absolute atomic E-state index is 0.0573. The smallest absolute Gasteiger partial charge is 0.276 e. The lowest BCUT2D eigenvalue weighted by atomic mass is 10.0. The third kappa shape index (κ3) is 2.48. The summed E-state index contributed by atoms with van der Waals surface area (Å²) in [6.07, 6.45) is 3.58. The van der Waals surface area contributed by atoms with Crippen molar-refractivity contribution in [3.8, 4) is 0 Å². The Morgan fingerprint density at radius 3 is 3.04 bits per heavy atom. The van der Waals surface area contributed by atoms with Crippen molar-refractivity contribution in [1.29, 1.82) is 0 Å². The van der Waals surface area contributed by atoms with E-state index in [1.807, 2.05) is 23.1 Å². The second-order valence-electron chi connectivity index (χ2n) is 5.39. The molecule has 2 aromatic heterocycles. The van der Waals surface area contributed by atoms with E-state index >= 15 is 0 Å². The number of anilines is 1. The molecule has 1 amide bonds. The minimum atomic E-state index is -0.0573. The van der Waals surface area contributed by atoms with Gasteiger partial charge in [0.1, 0.15) is 12.2 Å². The molecular weight excluding hydrogens is 294 g/mol. The molecule has 1 aliphatic heterocycles. The number of fused-ring (bicyclic) bond motifs is 1. The maximum Gasteiger partial charge on any atom is 0.276 e. The van der Waals surface area contributed by atoms with Gasteiger partial charge in [0, 0.05) is 18.4 Å². The minimum Gasteiger partial charge on any atom is -0.307 e. The molecule has 0 saturated heterocycles. The Morgan fingerprint density at radius 2 is 2.17 bits per heavy atom. The van der Waals surface area contributed by atoms with Gasteiger partial charge in [0.2, 0.25) is 0 Å². The Bertz CT molecular complexity index is 824. The number of hydrogen-bond donors (Lipinski definition) is 1. The third-order valence-corrected chi connectivity index (χ3v) is 3.97. The largest absolute Gasteiger partial charge is 0.307 e. The highest BCUT2D eigenvalue weighted by Gasteiger charge is 2.25. The van der Waals surface area contributed by atoms with Crippen LogP contribution in [0.2, 0.25) is 0 Å². The number of carbonyl (C=O) groups is 1. The quantitative estimate of drug-likeness (QED) is 0.780. The van der Waals surface area contributed by atoms with E-state index in [4.69, 9.17) is 0 Å². The van der Waals surface area contributed by atoms with Gasteiger partial charge in [-0.05, 0) is 30.5 Å². The second-order valence-corrected chi connectivity index (χ2v) is 5.39. The predicted molar refractivity (Wildman–Crippen MR) is 81.9 cm³/mol. The van der Waals surface area contributed by atoms with Crippen LogP contribution in [0.4, 0.5) is 5.69 Å². The van der Waals surface area contributed by atoms with Gasteiger partial charge in [-0.2, -0.15) is 10.3 Å². The van der Waals surface area contributed by atoms with E-state index in [2.05, 4.69) is 31.8 Å². The van der Waals surface area contributed by atoms with E-state index in [0.717, 1.165) is 18.5 Å². The summed E-state index contributed by atoms with van der Waals surface area (Å²) < 4.78 is 1.60. The average Bonchev–Trinajstić information content (AvgIpc) is 3.26. The van der Waals surface area contributed by atoms with Gasteiger partial charge in [-0.1, -0.05) is 23.4 Å². The lowest BCUT2D eigenvalue weighted by Crippen LogP contribution is -2.36. The zero-order chi connectivity index (χ0) is 15.6. The molecule has 0 radical (unpaired) electrons. The van der Waals surface area contributed by atoms with Crippen LogP contribution in [0.15, 0.2) is 36.5 Å². The van der Waals surface area contributed by atoms with Crippen LogP contribution in [0.3, 0.4) is 0 Å². The fourth-order valence-electron chi connectivity index (χ4n) is 2.91. The average molecular weight is 309 g/mol. The van der Waals surface area contributed by atoms with Gasteiger partial charge in [-0.3, -0.25) is 9.48 Å². The van der Waals surface area contributed by atoms with Gasteiger partial charge in [0.05, 0.1) is 0 Å². The van der Waals surface area contributed by atoms with Crippen LogP contribution in [-0.4, -0.2) is 42.9 Å². The summed E-state index contributed by atoms with van der Waals surface area (Å²) in [6.45, 7) is 1.02. The molecule has 4 rings (SSSR count). The van der Waals surface area contributed by atoms with Gasteiger partial charge in [-0.25, -0.2) is 0 Å². The van der Waals surface area contributed by atoms with Crippen molar-refractivity contribution >= 4 is 11.6 Å². The Balaban J connectivity index is 1.65. The van der Waals surface area contributed by atoms with Crippen LogP contribution in [0.25, 0.3) is 0 Å². The van der Waals surface area contributed by atoms with Crippen molar-refractivity contribution in [1.82, 2.24) is 30.4 Å². The molecule has 3 aromatic rings. The van der Waals surface area contributed by atoms with Crippen molar-refractivity contribution in [2.45, 2.75) is 19.4 Å². The predicted octanol–water partition coefficient (Wildman–Crippen LogP) is 1.04. The van der Waals surface area contributed by atoms with E-state index in [-0.39, 0.29) is 5.91 Å². The first-order valence-electron chi connectivity index (χ1n) is 7.47. The summed E-state index contributed by atoms with van der Waals surface area (Å²) >= 11 is 0. The number of aromatic nitrogens is 6. The lowest BCUT2D eigenvalue weighted by molar-refractivity contribution is 0.0975. The van der Waals surface area contributed by atoms with Crippen molar-refractivity contribution in [2.24, 2.45) is 0 Å². The van der Waals surface area contributed by atoms with E-state index in [1.165, 1.54) is 5.56 Å². The maximum absolute atomic E-state index is 13.0. The number of H-pyrrole nitrogens is 1. The summed E-state index contributed by atoms with van der Waals surface area (Å²) in [7, 11) is 0. The molecule has 8 nitrogen and oxygen atoms in total. The van der Waals surface area contributed by atoms with Gasteiger partial charge < -0.3 is 4.90 Å². The first kappa shape index (κ1) is 13.6. The van der Waals surface area contributed by atoms with Crippen LogP contribution < -0.4 is 4.90 Å². The molecule has 23 heavy (non-hydrogen) atoms. The molecule has 1 N–H and O–H groups in total. The van der Waals surface area contributed by atoms with Gasteiger partial charge in [-0.15, -0.1) is 10.2 Å². The SMILES string of the molecule is O=C(c1ccnn1Cc1nn[nH]n1)N1CCCc2ccccc21. The van der Waals surface area contributed by atoms with E-state index in [9.17, 15) is 4.79 Å². The van der Waals surface area contributed by atoms with Gasteiger partial charge in [0.15, 0.2) is 5.82 Å². The Hall–Kier alpha value is -3.03. The number of amides is 1. The zero-order valence-electron chi connectivity index (χ0n) is 12.4. The molecule has 0 aliphatic carbocycles. The highest BCUT2D eigenvalue weighted by atomic mass is 16.2. The molecule has 1 aliphatic rings. The number of para-hydroxylation sites is 1. The number of nitrogens with zero attached hydrogens (tertiary/aromatic N) is 6. The number of aryl methyl sites for hydroxylation is 1. The monoisotopic (exact) mass is 309 g/mol. The Morgan fingerprint density at radius 1 is 1.26 bits per heavy atom. The molecule has 0 unspecified atom stereocenters. The van der Waals surface area contributed by atoms with Crippen molar-refractivity contribution in [3.05, 3.63) is 53.6 Å². The molecular formula is C15H15N7O. The normalized spacial score (nSPS) is 13.8. The van der Waals surface area contributed by atoms with Crippen LogP contribution in [0.5, 0.6) is 0 Å². The Kier molecular flexibility index (Phi) is 3.34. The lowest BCUT2D eigenvalue weighted by Gasteiger charge is -2.29. The number of hydrogen-bond acceptors (Lipinski definition) is 5. The summed E-state index contributed by atoms with van der Waals surface area (Å²) in [5.74, 6) is 0.430. The van der Waals surface area contributed by atoms with E-state index < -0.39 is 0 Å². The number of aromatic amines is 1. The standard InChI is InChI=1S/C15H15N7O/c23-15(21-9-3-5-11-4-1-2-6-12(11)21)13-7-8-16-22(13)10-14-17-19-20-18-14/h1-2,4,6-8H,3,5,9-10H2,(H,17,18,19,20). The molecule has 0 bridgehead atoms. The van der Waals surface area contributed by atoms with E-state index in [0.29, 0.717) is 24.6 Å². The van der Waals surface area contributed by atoms with Gasteiger partial charge in [0.25, 0.3) is 5.91 Å². The number of benzene rings is 1. The van der Waals surface area contributed by atoms with E-state index in [1.54, 1.807) is 16.9 Å². The molecule has 0 saturated carbocycles. The molecule has 8 heteroatoms. The zero-order valence-corrected chi connectivity index (χ0v) is 12.4. The number of rotatable bonds is 3. The topological polar surface area (TPSA) is 92.6 Å². The van der Waals surface area contributed by atoms with Crippen molar-refractivity contribution in [2.75, 3.05) is 11.4 Å². The molecule has 0 atom stereocenters. The molecule has 0 spiro atoms. The fourth-order valence-corrected chi connectivity index (χ4v) is 2.91. The summed E-state index contributed by atoms with van der Waals surface area (Å²) in [6, 6.07) is 9.76. The van der Waals surface area contributed by atoms with Crippen LogP contribution in [-0.2, 0) is 13.0 Å². The summed E-state index contributed by atoms with van der Waals surface area (Å²) in [5.41, 5.74) is 2.71. The highest BCUT2D eigenvalue weighted by molar-refractivity contribution is 6.05. The molecule has 1 aromatic carbocycles. The summed E-state index contributed by atoms with van der Waals surface area (Å²) in [5, 5.41) is 17.9. The van der Waals surface area contributed by atoms with Crippen molar-refractivity contribution < 1.29 is 4.79 Å². The molecule has 0 fully saturated rings. The summed E-state index contributed by atoms with van der Waals surface area (Å²) in [4.78, 5) is 14.8. The first-order valence-corrected chi connectivity index (χ1v) is 7.47. The molecule has 116 valence electrons. The van der Waals surface area contributed by atoms with Crippen molar-refractivity contribution in [3.63, 3.8) is 0 Å². The number of carbonyl (C=O) groups excluding carboxylic acids is 1.